The Labute approximate surface area is 185 Å². The van der Waals surface area contributed by atoms with Crippen molar-refractivity contribution in [3.63, 3.8) is 0 Å². The molecule has 0 atom stereocenters. The van der Waals surface area contributed by atoms with E-state index < -0.39 is 11.7 Å². The van der Waals surface area contributed by atoms with Gasteiger partial charge in [0.15, 0.2) is 5.65 Å². The number of pyridine rings is 1. The monoisotopic (exact) mass is 450 g/mol. The predicted octanol–water partition coefficient (Wildman–Crippen LogP) is 4.26. The molecule has 7 nitrogen and oxygen atoms in total. The van der Waals surface area contributed by atoms with Gasteiger partial charge in [0.1, 0.15) is 5.52 Å². The highest BCUT2D eigenvalue weighted by atomic mass is 19.4. The summed E-state index contributed by atoms with van der Waals surface area (Å²) in [6.07, 6.45) is -2.76. The van der Waals surface area contributed by atoms with Crippen molar-refractivity contribution in [1.29, 1.82) is 0 Å². The molecule has 0 aliphatic heterocycles. The van der Waals surface area contributed by atoms with Crippen LogP contribution in [0.5, 0.6) is 0 Å². The molecule has 10 heteroatoms. The fourth-order valence-electron chi connectivity index (χ4n) is 3.79. The number of aryl methyl sites for hydroxylation is 1. The number of amides is 1. The van der Waals surface area contributed by atoms with Gasteiger partial charge < -0.3 is 5.32 Å². The van der Waals surface area contributed by atoms with Crippen molar-refractivity contribution in [2.75, 3.05) is 0 Å². The van der Waals surface area contributed by atoms with Gasteiger partial charge in [-0.25, -0.2) is 4.68 Å². The van der Waals surface area contributed by atoms with Gasteiger partial charge in [-0.3, -0.25) is 14.3 Å². The predicted molar refractivity (Wildman–Crippen MR) is 116 cm³/mol. The fourth-order valence-corrected chi connectivity index (χ4v) is 3.79. The molecule has 0 aliphatic rings. The van der Waals surface area contributed by atoms with Gasteiger partial charge >= 0.3 is 6.18 Å². The first-order chi connectivity index (χ1) is 15.8. The summed E-state index contributed by atoms with van der Waals surface area (Å²) < 4.78 is 42.3. The minimum atomic E-state index is -4.42. The molecule has 5 rings (SSSR count). The molecule has 0 saturated carbocycles. The normalized spacial score (nSPS) is 11.9. The van der Waals surface area contributed by atoms with Crippen molar-refractivity contribution in [3.8, 4) is 5.69 Å². The Morgan fingerprint density at radius 1 is 1.06 bits per heavy atom. The van der Waals surface area contributed by atoms with Crippen LogP contribution in [0, 0.1) is 0 Å². The summed E-state index contributed by atoms with van der Waals surface area (Å²) in [5.41, 5.74) is 2.82. The van der Waals surface area contributed by atoms with Crippen molar-refractivity contribution in [3.05, 3.63) is 83.7 Å². The lowest BCUT2D eigenvalue weighted by Crippen LogP contribution is -2.23. The molecule has 2 aromatic carbocycles. The van der Waals surface area contributed by atoms with Crippen LogP contribution in [0.2, 0.25) is 0 Å². The lowest BCUT2D eigenvalue weighted by molar-refractivity contribution is -0.137. The van der Waals surface area contributed by atoms with E-state index >= 15 is 0 Å². The van der Waals surface area contributed by atoms with Crippen LogP contribution < -0.4 is 5.32 Å². The third-order valence-electron chi connectivity index (χ3n) is 5.37. The van der Waals surface area contributed by atoms with Gasteiger partial charge in [0, 0.05) is 29.9 Å². The molecule has 1 N–H and O–H groups in total. The second kappa shape index (κ2) is 7.73. The lowest BCUT2D eigenvalue weighted by Gasteiger charge is -2.11. The van der Waals surface area contributed by atoms with Crippen LogP contribution in [0.4, 0.5) is 13.2 Å². The number of aromatic nitrogens is 5. The van der Waals surface area contributed by atoms with Crippen LogP contribution >= 0.6 is 0 Å². The summed E-state index contributed by atoms with van der Waals surface area (Å²) in [4.78, 5) is 16.9. The third-order valence-corrected chi connectivity index (χ3v) is 5.37. The molecule has 3 aromatic heterocycles. The van der Waals surface area contributed by atoms with E-state index in [4.69, 9.17) is 0 Å². The van der Waals surface area contributed by atoms with E-state index in [1.54, 1.807) is 46.8 Å². The smallest absolute Gasteiger partial charge is 0.346 e. The van der Waals surface area contributed by atoms with Gasteiger partial charge in [-0.05, 0) is 54.6 Å². The number of rotatable bonds is 4. The minimum Gasteiger partial charge on any atom is -0.346 e. The number of halogens is 3. The second-order valence-corrected chi connectivity index (χ2v) is 7.50. The molecule has 5 aromatic rings. The first-order valence-electron chi connectivity index (χ1n) is 10.0. The van der Waals surface area contributed by atoms with Crippen molar-refractivity contribution in [1.82, 2.24) is 29.9 Å². The van der Waals surface area contributed by atoms with E-state index in [1.165, 1.54) is 12.1 Å². The standard InChI is InChI=1S/C23H17F3N6O/c1-31-22-20(29-30-31)18-12-14(21(33)28-13-16-4-2-3-11-27-16)5-10-19(18)32(22)17-8-6-15(7-9-17)23(24,25)26/h2-12H,13H2,1H3,(H,28,33). The molecular weight excluding hydrogens is 433 g/mol. The Morgan fingerprint density at radius 3 is 2.55 bits per heavy atom. The van der Waals surface area contributed by atoms with Crippen molar-refractivity contribution < 1.29 is 18.0 Å². The Morgan fingerprint density at radius 2 is 1.85 bits per heavy atom. The zero-order valence-corrected chi connectivity index (χ0v) is 17.3. The van der Waals surface area contributed by atoms with Crippen LogP contribution in [-0.2, 0) is 19.8 Å². The number of fused-ring (bicyclic) bond motifs is 3. The number of hydrogen-bond donors (Lipinski definition) is 1. The number of carbonyl (C=O) groups is 1. The van der Waals surface area contributed by atoms with Crippen LogP contribution in [0.3, 0.4) is 0 Å². The zero-order chi connectivity index (χ0) is 23.2. The molecule has 0 fully saturated rings. The van der Waals surface area contributed by atoms with E-state index in [2.05, 4.69) is 20.6 Å². The number of hydrogen-bond acceptors (Lipinski definition) is 4. The summed E-state index contributed by atoms with van der Waals surface area (Å²) in [6, 6.07) is 15.5. The summed E-state index contributed by atoms with van der Waals surface area (Å²) in [7, 11) is 1.70. The Kier molecular flexibility index (Phi) is 4.85. The van der Waals surface area contributed by atoms with Crippen molar-refractivity contribution in [2.45, 2.75) is 12.7 Å². The molecule has 0 aliphatic carbocycles. The highest BCUT2D eigenvalue weighted by molar-refractivity contribution is 6.09. The molecule has 0 spiro atoms. The van der Waals surface area contributed by atoms with Crippen molar-refractivity contribution >= 4 is 28.0 Å². The maximum atomic E-state index is 13.0. The van der Waals surface area contributed by atoms with E-state index in [9.17, 15) is 18.0 Å². The van der Waals surface area contributed by atoms with Crippen LogP contribution in [-0.4, -0.2) is 30.5 Å². The third kappa shape index (κ3) is 3.69. The SMILES string of the molecule is Cn1nnc2c3cc(C(=O)NCc4ccccn4)ccc3n(-c3ccc(C(F)(F)F)cc3)c21. The van der Waals surface area contributed by atoms with E-state index in [0.29, 0.717) is 33.3 Å². The number of nitrogens with zero attached hydrogens (tertiary/aromatic N) is 5. The number of benzene rings is 2. The Bertz CT molecular complexity index is 1470. The molecule has 3 heterocycles. The molecule has 0 unspecified atom stereocenters. The molecule has 166 valence electrons. The topological polar surface area (TPSA) is 77.6 Å². The maximum Gasteiger partial charge on any atom is 0.416 e. The molecule has 0 bridgehead atoms. The number of nitrogens with one attached hydrogen (secondary N) is 1. The number of carbonyl (C=O) groups excluding carboxylic acids is 1. The molecule has 0 saturated heterocycles. The van der Waals surface area contributed by atoms with E-state index in [1.807, 2.05) is 12.1 Å². The second-order valence-electron chi connectivity index (χ2n) is 7.50. The van der Waals surface area contributed by atoms with Gasteiger partial charge in [0.05, 0.1) is 23.3 Å². The number of alkyl halides is 3. The van der Waals surface area contributed by atoms with E-state index in [0.717, 1.165) is 17.8 Å². The Hall–Kier alpha value is -4.21. The fraction of sp³-hybridized carbons (Fsp3) is 0.130. The average Bonchev–Trinajstić information content (AvgIpc) is 3.35. The highest BCUT2D eigenvalue weighted by Gasteiger charge is 2.30. The minimum absolute atomic E-state index is 0.276. The average molecular weight is 450 g/mol. The summed E-state index contributed by atoms with van der Waals surface area (Å²) >= 11 is 0. The first-order valence-corrected chi connectivity index (χ1v) is 10.0. The highest BCUT2D eigenvalue weighted by Crippen LogP contribution is 2.33. The van der Waals surface area contributed by atoms with Gasteiger partial charge in [0.25, 0.3) is 5.91 Å². The largest absolute Gasteiger partial charge is 0.416 e. The van der Waals surface area contributed by atoms with E-state index in [-0.39, 0.29) is 12.5 Å². The summed E-state index contributed by atoms with van der Waals surface area (Å²) in [6.45, 7) is 0.283. The Balaban J connectivity index is 1.55. The van der Waals surface area contributed by atoms with Gasteiger partial charge in [-0.15, -0.1) is 5.10 Å². The molecule has 33 heavy (non-hydrogen) atoms. The first kappa shape index (κ1) is 20.7. The van der Waals surface area contributed by atoms with Gasteiger partial charge in [0.2, 0.25) is 0 Å². The quantitative estimate of drug-likeness (QED) is 0.444. The van der Waals surface area contributed by atoms with Crippen LogP contribution in [0.15, 0.2) is 66.9 Å². The van der Waals surface area contributed by atoms with Crippen LogP contribution in [0.25, 0.3) is 27.8 Å². The molecular formula is C23H17F3N6O. The summed E-state index contributed by atoms with van der Waals surface area (Å²) in [5.74, 6) is -0.276. The van der Waals surface area contributed by atoms with Crippen LogP contribution in [0.1, 0.15) is 21.6 Å². The lowest BCUT2D eigenvalue weighted by atomic mass is 10.1. The maximum absolute atomic E-state index is 13.0. The summed E-state index contributed by atoms with van der Waals surface area (Å²) in [5, 5.41) is 11.8. The zero-order valence-electron chi connectivity index (χ0n) is 17.3. The molecule has 0 radical (unpaired) electrons. The van der Waals surface area contributed by atoms with Crippen molar-refractivity contribution in [2.24, 2.45) is 7.05 Å². The van der Waals surface area contributed by atoms with Gasteiger partial charge in [-0.1, -0.05) is 11.3 Å². The van der Waals surface area contributed by atoms with Gasteiger partial charge in [-0.2, -0.15) is 13.2 Å². The molecule has 1 amide bonds.